The first-order valence-corrected chi connectivity index (χ1v) is 6.01. The topological polar surface area (TPSA) is 72.7 Å². The minimum atomic E-state index is -0.392. The van der Waals surface area contributed by atoms with E-state index < -0.39 is 5.91 Å². The van der Waals surface area contributed by atoms with Crippen molar-refractivity contribution in [3.63, 3.8) is 0 Å². The highest BCUT2D eigenvalue weighted by Gasteiger charge is 2.11. The average Bonchev–Trinajstić information content (AvgIpc) is 2.80. The Morgan fingerprint density at radius 2 is 2.21 bits per heavy atom. The molecule has 2 aromatic rings. The third kappa shape index (κ3) is 3.30. The quantitative estimate of drug-likeness (QED) is 0.880. The minimum absolute atomic E-state index is 0.109. The monoisotopic (exact) mass is 297 g/mol. The van der Waals surface area contributed by atoms with Gasteiger partial charge in [0, 0.05) is 5.56 Å². The van der Waals surface area contributed by atoms with E-state index >= 15 is 0 Å². The number of carbonyl (C=O) groups is 1. The summed E-state index contributed by atoms with van der Waals surface area (Å²) in [6, 6.07) is 4.56. The van der Waals surface area contributed by atoms with Crippen LogP contribution in [0.1, 0.15) is 10.4 Å². The lowest BCUT2D eigenvalue weighted by atomic mass is 10.2. The number of nitrogens with one attached hydrogen (secondary N) is 1. The van der Waals surface area contributed by atoms with E-state index in [9.17, 15) is 4.79 Å². The Morgan fingerprint density at radius 1 is 1.42 bits per heavy atom. The number of aromatic nitrogens is 4. The van der Waals surface area contributed by atoms with Crippen molar-refractivity contribution in [2.75, 3.05) is 5.32 Å². The molecule has 0 aliphatic carbocycles. The van der Waals surface area contributed by atoms with Crippen LogP contribution in [0.2, 0.25) is 10.0 Å². The molecule has 1 aromatic carbocycles. The summed E-state index contributed by atoms with van der Waals surface area (Å²) in [7, 11) is 0. The van der Waals surface area contributed by atoms with Crippen LogP contribution < -0.4 is 5.32 Å². The third-order valence-corrected chi connectivity index (χ3v) is 2.89. The van der Waals surface area contributed by atoms with Crippen LogP contribution in [0.5, 0.6) is 0 Å². The molecule has 0 radical (unpaired) electrons. The fraction of sp³-hybridized carbons (Fsp3) is 0.0909. The van der Waals surface area contributed by atoms with Gasteiger partial charge >= 0.3 is 0 Å². The lowest BCUT2D eigenvalue weighted by molar-refractivity contribution is 0.102. The van der Waals surface area contributed by atoms with Crippen molar-refractivity contribution < 1.29 is 4.79 Å². The predicted molar refractivity (Wildman–Crippen MR) is 72.4 cm³/mol. The minimum Gasteiger partial charge on any atom is -0.288 e. The molecular formula is C11H9Cl2N5O. The molecule has 1 N–H and O–H groups in total. The zero-order valence-corrected chi connectivity index (χ0v) is 11.2. The highest BCUT2D eigenvalue weighted by Crippen LogP contribution is 2.22. The van der Waals surface area contributed by atoms with E-state index in [0.717, 1.165) is 0 Å². The first-order valence-electron chi connectivity index (χ1n) is 5.25. The molecule has 1 amide bonds. The molecule has 6 nitrogen and oxygen atoms in total. The largest absolute Gasteiger partial charge is 0.288 e. The van der Waals surface area contributed by atoms with Crippen LogP contribution in [-0.4, -0.2) is 26.1 Å². The molecule has 0 spiro atoms. The summed E-state index contributed by atoms with van der Waals surface area (Å²) in [6.45, 7) is 3.96. The molecule has 0 atom stereocenters. The average molecular weight is 298 g/mol. The lowest BCUT2D eigenvalue weighted by Crippen LogP contribution is -2.13. The summed E-state index contributed by atoms with van der Waals surface area (Å²) in [6.07, 6.45) is 1.62. The maximum atomic E-state index is 11.9. The number of amides is 1. The summed E-state index contributed by atoms with van der Waals surface area (Å²) in [5.74, 6) is -0.283. The van der Waals surface area contributed by atoms with Crippen molar-refractivity contribution in [1.29, 1.82) is 0 Å². The van der Waals surface area contributed by atoms with Crippen LogP contribution in [0.25, 0.3) is 0 Å². The van der Waals surface area contributed by atoms with Crippen molar-refractivity contribution in [3.8, 4) is 0 Å². The van der Waals surface area contributed by atoms with Crippen molar-refractivity contribution in [2.45, 2.75) is 6.54 Å². The molecule has 8 heteroatoms. The first-order chi connectivity index (χ1) is 9.10. The van der Waals surface area contributed by atoms with Crippen LogP contribution in [0.3, 0.4) is 0 Å². The van der Waals surface area contributed by atoms with Crippen LogP contribution in [0.15, 0.2) is 30.9 Å². The normalized spacial score (nSPS) is 10.2. The van der Waals surface area contributed by atoms with E-state index in [2.05, 4.69) is 27.3 Å². The van der Waals surface area contributed by atoms with Gasteiger partial charge in [-0.2, -0.15) is 4.80 Å². The summed E-state index contributed by atoms with van der Waals surface area (Å²) in [5.41, 5.74) is 0.356. The Bertz CT molecular complexity index is 625. The standard InChI is InChI=1S/C11H9Cl2N5O/c1-2-5-18-16-11(15-17-18)14-10(19)7-3-4-8(12)9(13)6-7/h2-4,6H,1,5H2,(H,14,16,19). The Hall–Kier alpha value is -1.92. The Morgan fingerprint density at radius 3 is 2.89 bits per heavy atom. The second-order valence-corrected chi connectivity index (χ2v) is 4.35. The summed E-state index contributed by atoms with van der Waals surface area (Å²) >= 11 is 11.6. The summed E-state index contributed by atoms with van der Waals surface area (Å²) in [5, 5.41) is 14.5. The van der Waals surface area contributed by atoms with Gasteiger partial charge in [0.1, 0.15) is 0 Å². The van der Waals surface area contributed by atoms with Gasteiger partial charge in [0.25, 0.3) is 11.9 Å². The number of anilines is 1. The third-order valence-electron chi connectivity index (χ3n) is 2.15. The second kappa shape index (κ2) is 5.81. The number of rotatable bonds is 4. The van der Waals surface area contributed by atoms with Gasteiger partial charge in [0.05, 0.1) is 16.6 Å². The molecule has 0 aliphatic rings. The smallest absolute Gasteiger partial charge is 0.270 e. The molecule has 2 rings (SSSR count). The second-order valence-electron chi connectivity index (χ2n) is 3.54. The SMILES string of the molecule is C=CCn1nnc(NC(=O)c2ccc(Cl)c(Cl)c2)n1. The molecule has 0 fully saturated rings. The lowest BCUT2D eigenvalue weighted by Gasteiger charge is -2.02. The number of tetrazole rings is 1. The van der Waals surface area contributed by atoms with E-state index in [0.29, 0.717) is 22.2 Å². The molecule has 0 saturated heterocycles. The van der Waals surface area contributed by atoms with Gasteiger partial charge < -0.3 is 0 Å². The molecule has 0 saturated carbocycles. The Balaban J connectivity index is 2.11. The van der Waals surface area contributed by atoms with Crippen LogP contribution >= 0.6 is 23.2 Å². The number of nitrogens with zero attached hydrogens (tertiary/aromatic N) is 4. The van der Waals surface area contributed by atoms with Crippen molar-refractivity contribution in [1.82, 2.24) is 20.2 Å². The molecule has 98 valence electrons. The van der Waals surface area contributed by atoms with E-state index in [-0.39, 0.29) is 5.95 Å². The zero-order chi connectivity index (χ0) is 13.8. The number of allylic oxidation sites excluding steroid dienone is 1. The number of benzene rings is 1. The van der Waals surface area contributed by atoms with Crippen molar-refractivity contribution >= 4 is 35.1 Å². The van der Waals surface area contributed by atoms with Gasteiger partial charge in [0.15, 0.2) is 0 Å². The van der Waals surface area contributed by atoms with Crippen molar-refractivity contribution in [2.24, 2.45) is 0 Å². The fourth-order valence-corrected chi connectivity index (χ4v) is 1.60. The first kappa shape index (κ1) is 13.5. The maximum Gasteiger partial charge on any atom is 0.270 e. The molecule has 0 aliphatic heterocycles. The van der Waals surface area contributed by atoms with Gasteiger partial charge in [-0.3, -0.25) is 10.1 Å². The van der Waals surface area contributed by atoms with Crippen LogP contribution in [0.4, 0.5) is 5.95 Å². The van der Waals surface area contributed by atoms with Gasteiger partial charge in [-0.15, -0.1) is 11.7 Å². The van der Waals surface area contributed by atoms with Gasteiger partial charge in [-0.25, -0.2) is 0 Å². The highest BCUT2D eigenvalue weighted by molar-refractivity contribution is 6.42. The Kier molecular flexibility index (Phi) is 4.13. The molecule has 1 aromatic heterocycles. The van der Waals surface area contributed by atoms with Crippen LogP contribution in [0, 0.1) is 0 Å². The Labute approximate surface area is 119 Å². The summed E-state index contributed by atoms with van der Waals surface area (Å²) in [4.78, 5) is 13.2. The van der Waals surface area contributed by atoms with E-state index in [1.54, 1.807) is 18.2 Å². The molecule has 0 unspecified atom stereocenters. The maximum absolute atomic E-state index is 11.9. The number of hydrogen-bond donors (Lipinski definition) is 1. The van der Waals surface area contributed by atoms with Gasteiger partial charge in [0.2, 0.25) is 0 Å². The molecule has 0 bridgehead atoms. The molecular weight excluding hydrogens is 289 g/mol. The van der Waals surface area contributed by atoms with Crippen LogP contribution in [-0.2, 0) is 6.54 Å². The highest BCUT2D eigenvalue weighted by atomic mass is 35.5. The predicted octanol–water partition coefficient (Wildman–Crippen LogP) is 2.42. The number of halogens is 2. The fourth-order valence-electron chi connectivity index (χ4n) is 1.30. The zero-order valence-electron chi connectivity index (χ0n) is 9.68. The van der Waals surface area contributed by atoms with Crippen molar-refractivity contribution in [3.05, 3.63) is 46.5 Å². The molecule has 1 heterocycles. The van der Waals surface area contributed by atoms with E-state index in [4.69, 9.17) is 23.2 Å². The summed E-state index contributed by atoms with van der Waals surface area (Å²) < 4.78 is 0. The molecule has 19 heavy (non-hydrogen) atoms. The number of carbonyl (C=O) groups excluding carboxylic acids is 1. The van der Waals surface area contributed by atoms with E-state index in [1.165, 1.54) is 10.9 Å². The van der Waals surface area contributed by atoms with Gasteiger partial charge in [-0.1, -0.05) is 34.4 Å². The number of hydrogen-bond acceptors (Lipinski definition) is 4. The van der Waals surface area contributed by atoms with Gasteiger partial charge in [-0.05, 0) is 23.4 Å². The van der Waals surface area contributed by atoms with E-state index in [1.807, 2.05) is 0 Å².